The number of likely N-dealkylation sites (N-methyl/N-ethyl adjacent to an activating group) is 1. The number of nitrogens with zero attached hydrogens (tertiary/aromatic N) is 4. The monoisotopic (exact) mass is 327 g/mol. The summed E-state index contributed by atoms with van der Waals surface area (Å²) in [6.45, 7) is 1.54. The Balaban J connectivity index is 1.53. The molecule has 1 atom stereocenters. The SMILES string of the molecule is CN(CCc1cn[nH]c1)C(=O)[C@H]1CC(=O)N(Cc2ccccn2)C1. The van der Waals surface area contributed by atoms with Gasteiger partial charge in [0.2, 0.25) is 11.8 Å². The summed E-state index contributed by atoms with van der Waals surface area (Å²) in [5.41, 5.74) is 1.90. The lowest BCUT2D eigenvalue weighted by atomic mass is 10.1. The fourth-order valence-electron chi connectivity index (χ4n) is 2.91. The van der Waals surface area contributed by atoms with Crippen LogP contribution < -0.4 is 0 Å². The first kappa shape index (κ1) is 16.2. The largest absolute Gasteiger partial charge is 0.345 e. The third-order valence-electron chi connectivity index (χ3n) is 4.31. The fraction of sp³-hybridized carbons (Fsp3) is 0.412. The second-order valence-corrected chi connectivity index (χ2v) is 6.11. The molecule has 126 valence electrons. The Kier molecular flexibility index (Phi) is 4.88. The van der Waals surface area contributed by atoms with E-state index in [-0.39, 0.29) is 24.2 Å². The maximum absolute atomic E-state index is 12.6. The normalized spacial score (nSPS) is 17.3. The molecule has 1 aliphatic heterocycles. The van der Waals surface area contributed by atoms with Crippen molar-refractivity contribution in [2.24, 2.45) is 5.92 Å². The Bertz CT molecular complexity index is 686. The number of hydrogen-bond acceptors (Lipinski definition) is 4. The second-order valence-electron chi connectivity index (χ2n) is 6.11. The molecule has 1 N–H and O–H groups in total. The highest BCUT2D eigenvalue weighted by atomic mass is 16.2. The number of carbonyl (C=O) groups is 2. The van der Waals surface area contributed by atoms with Gasteiger partial charge in [-0.1, -0.05) is 6.07 Å². The van der Waals surface area contributed by atoms with E-state index >= 15 is 0 Å². The highest BCUT2D eigenvalue weighted by Crippen LogP contribution is 2.21. The summed E-state index contributed by atoms with van der Waals surface area (Å²) in [5.74, 6) is -0.229. The van der Waals surface area contributed by atoms with Crippen LogP contribution in [0.5, 0.6) is 0 Å². The Hall–Kier alpha value is -2.70. The van der Waals surface area contributed by atoms with Crippen LogP contribution in [0.2, 0.25) is 0 Å². The molecule has 0 spiro atoms. The molecule has 0 radical (unpaired) electrons. The lowest BCUT2D eigenvalue weighted by Crippen LogP contribution is -2.35. The van der Waals surface area contributed by atoms with Crippen LogP contribution in [0.15, 0.2) is 36.8 Å². The Morgan fingerprint density at radius 2 is 2.33 bits per heavy atom. The summed E-state index contributed by atoms with van der Waals surface area (Å²) < 4.78 is 0. The second kappa shape index (κ2) is 7.25. The maximum atomic E-state index is 12.6. The predicted molar refractivity (Wildman–Crippen MR) is 87.7 cm³/mol. The number of likely N-dealkylation sites (tertiary alicyclic amines) is 1. The van der Waals surface area contributed by atoms with E-state index in [0.29, 0.717) is 19.6 Å². The smallest absolute Gasteiger partial charge is 0.227 e. The van der Waals surface area contributed by atoms with Gasteiger partial charge < -0.3 is 9.80 Å². The quantitative estimate of drug-likeness (QED) is 0.853. The summed E-state index contributed by atoms with van der Waals surface area (Å²) in [6, 6.07) is 5.63. The van der Waals surface area contributed by atoms with Crippen LogP contribution in [0.1, 0.15) is 17.7 Å². The van der Waals surface area contributed by atoms with E-state index in [0.717, 1.165) is 17.7 Å². The standard InChI is InChI=1S/C17H21N5O2/c1-21(7-5-13-9-19-20-10-13)17(24)14-8-16(23)22(11-14)12-15-4-2-3-6-18-15/h2-4,6,9-10,14H,5,7-8,11-12H2,1H3,(H,19,20)/t14-/m0/s1. The topological polar surface area (TPSA) is 82.2 Å². The number of nitrogens with one attached hydrogen (secondary N) is 1. The van der Waals surface area contributed by atoms with E-state index in [4.69, 9.17) is 0 Å². The number of H-pyrrole nitrogens is 1. The molecule has 0 saturated carbocycles. The Morgan fingerprint density at radius 3 is 3.04 bits per heavy atom. The van der Waals surface area contributed by atoms with Gasteiger partial charge in [-0.25, -0.2) is 0 Å². The lowest BCUT2D eigenvalue weighted by molar-refractivity contribution is -0.134. The zero-order valence-electron chi connectivity index (χ0n) is 13.7. The molecular weight excluding hydrogens is 306 g/mol. The van der Waals surface area contributed by atoms with Crippen molar-refractivity contribution in [2.45, 2.75) is 19.4 Å². The van der Waals surface area contributed by atoms with Gasteiger partial charge in [0.1, 0.15) is 0 Å². The van der Waals surface area contributed by atoms with E-state index in [1.54, 1.807) is 29.2 Å². The predicted octanol–water partition coefficient (Wildman–Crippen LogP) is 0.854. The van der Waals surface area contributed by atoms with Crippen molar-refractivity contribution < 1.29 is 9.59 Å². The average Bonchev–Trinajstić information content (AvgIpc) is 3.23. The number of carbonyl (C=O) groups excluding carboxylic acids is 2. The van der Waals surface area contributed by atoms with Gasteiger partial charge in [-0.15, -0.1) is 0 Å². The average molecular weight is 327 g/mol. The van der Waals surface area contributed by atoms with Gasteiger partial charge in [-0.05, 0) is 24.1 Å². The van der Waals surface area contributed by atoms with Crippen LogP contribution >= 0.6 is 0 Å². The summed E-state index contributed by atoms with van der Waals surface area (Å²) >= 11 is 0. The summed E-state index contributed by atoms with van der Waals surface area (Å²) in [4.78, 5) is 32.4. The van der Waals surface area contributed by atoms with Gasteiger partial charge in [0.25, 0.3) is 0 Å². The molecule has 3 heterocycles. The molecule has 3 rings (SSSR count). The molecular formula is C17H21N5O2. The van der Waals surface area contributed by atoms with Crippen LogP contribution in [0.4, 0.5) is 0 Å². The number of amides is 2. The van der Waals surface area contributed by atoms with Gasteiger partial charge in [0.05, 0.1) is 24.4 Å². The molecule has 1 saturated heterocycles. The van der Waals surface area contributed by atoms with Crippen LogP contribution in [-0.4, -0.2) is 56.9 Å². The van der Waals surface area contributed by atoms with Crippen molar-refractivity contribution in [3.8, 4) is 0 Å². The maximum Gasteiger partial charge on any atom is 0.227 e. The van der Waals surface area contributed by atoms with Crippen molar-refractivity contribution in [1.29, 1.82) is 0 Å². The molecule has 1 aliphatic rings. The van der Waals surface area contributed by atoms with Crippen molar-refractivity contribution in [1.82, 2.24) is 25.0 Å². The fourth-order valence-corrected chi connectivity index (χ4v) is 2.91. The molecule has 2 aromatic heterocycles. The van der Waals surface area contributed by atoms with Crippen molar-refractivity contribution in [2.75, 3.05) is 20.1 Å². The van der Waals surface area contributed by atoms with Crippen molar-refractivity contribution in [3.05, 3.63) is 48.0 Å². The van der Waals surface area contributed by atoms with Gasteiger partial charge >= 0.3 is 0 Å². The first-order chi connectivity index (χ1) is 11.6. The van der Waals surface area contributed by atoms with Crippen LogP contribution in [0, 0.1) is 5.92 Å². The first-order valence-electron chi connectivity index (χ1n) is 8.04. The van der Waals surface area contributed by atoms with Crippen LogP contribution in [0.25, 0.3) is 0 Å². The Labute approximate surface area is 140 Å². The molecule has 0 aromatic carbocycles. The summed E-state index contributed by atoms with van der Waals surface area (Å²) in [6.07, 6.45) is 6.32. The van der Waals surface area contributed by atoms with Gasteiger partial charge in [-0.3, -0.25) is 19.7 Å². The number of hydrogen-bond donors (Lipinski definition) is 1. The first-order valence-corrected chi connectivity index (χ1v) is 8.04. The molecule has 7 heteroatoms. The van der Waals surface area contributed by atoms with Gasteiger partial charge in [0.15, 0.2) is 0 Å². The van der Waals surface area contributed by atoms with Crippen molar-refractivity contribution in [3.63, 3.8) is 0 Å². The third-order valence-corrected chi connectivity index (χ3v) is 4.31. The number of pyridine rings is 1. The molecule has 0 unspecified atom stereocenters. The van der Waals surface area contributed by atoms with Gasteiger partial charge in [-0.2, -0.15) is 5.10 Å². The van der Waals surface area contributed by atoms with Crippen LogP contribution in [-0.2, 0) is 22.6 Å². The number of aromatic nitrogens is 3. The van der Waals surface area contributed by atoms with E-state index in [1.165, 1.54) is 0 Å². The molecule has 2 amide bonds. The molecule has 1 fully saturated rings. The number of rotatable bonds is 6. The van der Waals surface area contributed by atoms with Crippen molar-refractivity contribution >= 4 is 11.8 Å². The number of aromatic amines is 1. The van der Waals surface area contributed by atoms with E-state index in [9.17, 15) is 9.59 Å². The van der Waals surface area contributed by atoms with E-state index in [1.807, 2.05) is 24.4 Å². The lowest BCUT2D eigenvalue weighted by Gasteiger charge is -2.21. The highest BCUT2D eigenvalue weighted by molar-refractivity contribution is 5.89. The summed E-state index contributed by atoms with van der Waals surface area (Å²) in [5, 5.41) is 6.66. The molecule has 2 aromatic rings. The molecule has 7 nitrogen and oxygen atoms in total. The Morgan fingerprint density at radius 1 is 1.46 bits per heavy atom. The van der Waals surface area contributed by atoms with E-state index in [2.05, 4.69) is 15.2 Å². The summed E-state index contributed by atoms with van der Waals surface area (Å²) in [7, 11) is 1.79. The zero-order valence-corrected chi connectivity index (χ0v) is 13.7. The third kappa shape index (κ3) is 3.79. The van der Waals surface area contributed by atoms with Gasteiger partial charge in [0, 0.05) is 39.0 Å². The van der Waals surface area contributed by atoms with Crippen LogP contribution in [0.3, 0.4) is 0 Å². The minimum atomic E-state index is -0.268. The minimum absolute atomic E-state index is 0.0160. The molecule has 0 bridgehead atoms. The molecule has 24 heavy (non-hydrogen) atoms. The highest BCUT2D eigenvalue weighted by Gasteiger charge is 2.35. The molecule has 0 aliphatic carbocycles. The van der Waals surface area contributed by atoms with E-state index < -0.39 is 0 Å². The minimum Gasteiger partial charge on any atom is -0.345 e. The zero-order chi connectivity index (χ0) is 16.9.